The van der Waals surface area contributed by atoms with Crippen molar-refractivity contribution in [2.45, 2.75) is 6.92 Å². The minimum atomic E-state index is 0.988. The van der Waals surface area contributed by atoms with Crippen molar-refractivity contribution in [2.75, 3.05) is 4.90 Å². The van der Waals surface area contributed by atoms with Gasteiger partial charge >= 0.3 is 0 Å². The lowest BCUT2D eigenvalue weighted by Crippen LogP contribution is -2.18. The fourth-order valence-electron chi connectivity index (χ4n) is 8.64. The minimum absolute atomic E-state index is 0.988. The van der Waals surface area contributed by atoms with E-state index >= 15 is 0 Å². The van der Waals surface area contributed by atoms with Crippen molar-refractivity contribution in [3.63, 3.8) is 0 Å². The molecule has 0 fully saturated rings. The normalized spacial score (nSPS) is 12.4. The van der Waals surface area contributed by atoms with Crippen LogP contribution in [-0.2, 0) is 0 Å². The van der Waals surface area contributed by atoms with Gasteiger partial charge in [-0.1, -0.05) is 127 Å². The minimum Gasteiger partial charge on any atom is -0.306 e. The van der Waals surface area contributed by atoms with E-state index in [0.717, 1.165) is 39.6 Å². The van der Waals surface area contributed by atoms with Gasteiger partial charge in [0.2, 0.25) is 0 Å². The molecule has 238 valence electrons. The first kappa shape index (κ1) is 28.2. The standard InChI is InChI=1S/C48H31N3/c1-30-49-42-20-11-21-44-48(42)50(30)43-27-26-34(29-45(43)51(44)35-13-3-2-4-14-35)47-39-18-9-7-16-37(39)46(38-17-8-10-19-40(38)47)33-25-24-32-23-22-31-12-5-6-15-36(31)41(32)28-33/h2-29H,1H3. The van der Waals surface area contributed by atoms with Crippen molar-refractivity contribution in [1.29, 1.82) is 0 Å². The van der Waals surface area contributed by atoms with Crippen molar-refractivity contribution >= 4 is 71.2 Å². The Morgan fingerprint density at radius 3 is 1.69 bits per heavy atom. The van der Waals surface area contributed by atoms with Gasteiger partial charge in [0.05, 0.1) is 28.1 Å². The Kier molecular flexibility index (Phi) is 5.88. The van der Waals surface area contributed by atoms with Crippen LogP contribution in [0.1, 0.15) is 5.82 Å². The van der Waals surface area contributed by atoms with E-state index in [1.807, 2.05) is 0 Å². The quantitative estimate of drug-likeness (QED) is 0.140. The molecule has 3 nitrogen and oxygen atoms in total. The maximum atomic E-state index is 4.98. The topological polar surface area (TPSA) is 21.1 Å². The molecule has 51 heavy (non-hydrogen) atoms. The Balaban J connectivity index is 1.20. The number of hydrogen-bond acceptors (Lipinski definition) is 2. The summed E-state index contributed by atoms with van der Waals surface area (Å²) in [4.78, 5) is 7.39. The summed E-state index contributed by atoms with van der Waals surface area (Å²) in [5.74, 6) is 0.988. The van der Waals surface area contributed by atoms with Crippen LogP contribution in [0, 0.1) is 6.92 Å². The largest absolute Gasteiger partial charge is 0.306 e. The van der Waals surface area contributed by atoms with E-state index in [4.69, 9.17) is 4.98 Å². The Labute approximate surface area is 295 Å². The molecule has 2 heterocycles. The van der Waals surface area contributed by atoms with Crippen molar-refractivity contribution < 1.29 is 0 Å². The highest BCUT2D eigenvalue weighted by Gasteiger charge is 2.29. The monoisotopic (exact) mass is 649 g/mol. The number of aryl methyl sites for hydroxylation is 1. The van der Waals surface area contributed by atoms with Gasteiger partial charge in [-0.25, -0.2) is 4.98 Å². The molecule has 0 N–H and O–H groups in total. The first-order valence-electron chi connectivity index (χ1n) is 17.6. The average molecular weight is 650 g/mol. The number of benzene rings is 9. The third-order valence-corrected chi connectivity index (χ3v) is 10.8. The molecular formula is C48H31N3. The van der Waals surface area contributed by atoms with Gasteiger partial charge in [-0.3, -0.25) is 4.57 Å². The van der Waals surface area contributed by atoms with Crippen molar-refractivity contribution in [3.8, 4) is 27.9 Å². The Morgan fingerprint density at radius 1 is 0.412 bits per heavy atom. The van der Waals surface area contributed by atoms with Gasteiger partial charge in [0, 0.05) is 5.69 Å². The van der Waals surface area contributed by atoms with Gasteiger partial charge in [0.1, 0.15) is 5.82 Å². The number of imidazole rings is 1. The van der Waals surface area contributed by atoms with Crippen LogP contribution in [0.5, 0.6) is 0 Å². The zero-order valence-electron chi connectivity index (χ0n) is 28.0. The molecule has 0 radical (unpaired) electrons. The van der Waals surface area contributed by atoms with Crippen LogP contribution in [0.4, 0.5) is 17.1 Å². The third-order valence-electron chi connectivity index (χ3n) is 10.8. The average Bonchev–Trinajstić information content (AvgIpc) is 3.53. The fraction of sp³-hybridized carbons (Fsp3) is 0.0208. The van der Waals surface area contributed by atoms with Crippen LogP contribution in [0.2, 0.25) is 0 Å². The fourth-order valence-corrected chi connectivity index (χ4v) is 8.64. The van der Waals surface area contributed by atoms with E-state index in [2.05, 4.69) is 186 Å². The third kappa shape index (κ3) is 4.03. The molecule has 0 spiro atoms. The summed E-state index contributed by atoms with van der Waals surface area (Å²) in [6, 6.07) is 62.2. The lowest BCUT2D eigenvalue weighted by molar-refractivity contribution is 0.982. The molecule has 11 rings (SSSR count). The van der Waals surface area contributed by atoms with Gasteiger partial charge < -0.3 is 4.90 Å². The molecule has 1 aliphatic heterocycles. The first-order chi connectivity index (χ1) is 25.2. The highest BCUT2D eigenvalue weighted by atomic mass is 15.2. The number of fused-ring (bicyclic) bond motifs is 7. The van der Waals surface area contributed by atoms with Gasteiger partial charge in [-0.2, -0.15) is 0 Å². The van der Waals surface area contributed by atoms with E-state index in [0.29, 0.717) is 0 Å². The number of nitrogens with zero attached hydrogens (tertiary/aromatic N) is 3. The molecule has 0 unspecified atom stereocenters. The summed E-state index contributed by atoms with van der Waals surface area (Å²) >= 11 is 0. The zero-order valence-corrected chi connectivity index (χ0v) is 28.0. The molecule has 9 aromatic carbocycles. The predicted molar refractivity (Wildman–Crippen MR) is 215 cm³/mol. The van der Waals surface area contributed by atoms with Crippen LogP contribution in [-0.4, -0.2) is 9.55 Å². The highest BCUT2D eigenvalue weighted by molar-refractivity contribution is 6.22. The Morgan fingerprint density at radius 2 is 0.980 bits per heavy atom. The molecule has 1 aromatic heterocycles. The van der Waals surface area contributed by atoms with Gasteiger partial charge in [-0.15, -0.1) is 0 Å². The number of para-hydroxylation sites is 2. The van der Waals surface area contributed by atoms with E-state index < -0.39 is 0 Å². The molecule has 0 bridgehead atoms. The maximum Gasteiger partial charge on any atom is 0.111 e. The van der Waals surface area contributed by atoms with E-state index in [9.17, 15) is 0 Å². The van der Waals surface area contributed by atoms with Gasteiger partial charge in [0.15, 0.2) is 0 Å². The second kappa shape index (κ2) is 10.6. The van der Waals surface area contributed by atoms with Gasteiger partial charge in [-0.05, 0) is 115 Å². The van der Waals surface area contributed by atoms with Gasteiger partial charge in [0.25, 0.3) is 0 Å². The van der Waals surface area contributed by atoms with Crippen LogP contribution >= 0.6 is 0 Å². The SMILES string of the molecule is Cc1nc2cccc3c2n1-c1ccc(-c2c4ccccc4c(-c4ccc5ccc6ccccc6c5c4)c4ccccc24)cc1N3c1ccccc1. The summed E-state index contributed by atoms with van der Waals surface area (Å²) in [5.41, 5.74) is 11.6. The number of hydrogen-bond donors (Lipinski definition) is 0. The summed E-state index contributed by atoms with van der Waals surface area (Å²) in [6.07, 6.45) is 0. The molecule has 0 amide bonds. The molecule has 0 aliphatic carbocycles. The van der Waals surface area contributed by atoms with Crippen LogP contribution < -0.4 is 4.90 Å². The van der Waals surface area contributed by atoms with E-state index in [1.54, 1.807) is 0 Å². The first-order valence-corrected chi connectivity index (χ1v) is 17.6. The zero-order chi connectivity index (χ0) is 33.6. The highest BCUT2D eigenvalue weighted by Crippen LogP contribution is 2.50. The summed E-state index contributed by atoms with van der Waals surface area (Å²) in [7, 11) is 0. The number of aromatic nitrogens is 2. The number of anilines is 3. The second-order valence-electron chi connectivity index (χ2n) is 13.6. The Bertz CT molecular complexity index is 2990. The summed E-state index contributed by atoms with van der Waals surface area (Å²) in [5, 5.41) is 10.1. The predicted octanol–water partition coefficient (Wildman–Crippen LogP) is 13.1. The van der Waals surface area contributed by atoms with Crippen molar-refractivity contribution in [1.82, 2.24) is 9.55 Å². The van der Waals surface area contributed by atoms with Crippen LogP contribution in [0.15, 0.2) is 170 Å². The molecule has 0 saturated carbocycles. The second-order valence-corrected chi connectivity index (χ2v) is 13.6. The molecule has 1 aliphatic rings. The number of rotatable bonds is 3. The van der Waals surface area contributed by atoms with Crippen molar-refractivity contribution in [3.05, 3.63) is 176 Å². The lowest BCUT2D eigenvalue weighted by Gasteiger charge is -2.33. The molecular weight excluding hydrogens is 619 g/mol. The molecule has 3 heteroatoms. The maximum absolute atomic E-state index is 4.98. The smallest absolute Gasteiger partial charge is 0.111 e. The molecule has 0 saturated heterocycles. The van der Waals surface area contributed by atoms with E-state index in [-0.39, 0.29) is 0 Å². The molecule has 10 aromatic rings. The van der Waals surface area contributed by atoms with E-state index in [1.165, 1.54) is 65.3 Å². The Hall–Kier alpha value is -6.71. The van der Waals surface area contributed by atoms with Crippen LogP contribution in [0.25, 0.3) is 82.1 Å². The summed E-state index contributed by atoms with van der Waals surface area (Å²) < 4.78 is 2.33. The van der Waals surface area contributed by atoms with Crippen molar-refractivity contribution in [2.24, 2.45) is 0 Å². The van der Waals surface area contributed by atoms with Crippen LogP contribution in [0.3, 0.4) is 0 Å². The summed E-state index contributed by atoms with van der Waals surface area (Å²) in [6.45, 7) is 2.11. The lowest BCUT2D eigenvalue weighted by atomic mass is 9.85. The molecule has 0 atom stereocenters.